The SMILES string of the molecule is CCCCCCCC/C=C/C/C=C/CCC(=O)OCC(COCCC(C(=O)O)[N+](C)(C)C)OC(=O)CCCCCCCCC/C=C/CCCCCCCC. The Hall–Kier alpha value is -2.45. The van der Waals surface area contributed by atoms with Crippen LogP contribution in [0.25, 0.3) is 0 Å². The monoisotopic (exact) mass is 763 g/mol. The molecule has 2 atom stereocenters. The Kier molecular flexibility index (Phi) is 35.8. The minimum atomic E-state index is -0.882. The summed E-state index contributed by atoms with van der Waals surface area (Å²) in [4.78, 5) is 36.9. The van der Waals surface area contributed by atoms with Crippen molar-refractivity contribution in [3.63, 3.8) is 0 Å². The van der Waals surface area contributed by atoms with E-state index in [4.69, 9.17) is 14.2 Å². The Bertz CT molecular complexity index is 984. The maximum Gasteiger partial charge on any atom is 0.362 e. The van der Waals surface area contributed by atoms with Crippen LogP contribution in [-0.4, -0.2) is 80.6 Å². The maximum absolute atomic E-state index is 12.7. The average molecular weight is 763 g/mol. The molecule has 0 fully saturated rings. The summed E-state index contributed by atoms with van der Waals surface area (Å²) in [7, 11) is 5.51. The minimum absolute atomic E-state index is 0.0434. The molecule has 0 heterocycles. The molecular formula is C46H84NO7+. The fraction of sp³-hybridized carbons (Fsp3) is 0.804. The van der Waals surface area contributed by atoms with Crippen LogP contribution in [0.5, 0.6) is 0 Å². The zero-order chi connectivity index (χ0) is 40.0. The number of nitrogens with zero attached hydrogens (tertiary/aromatic N) is 1. The number of unbranched alkanes of at least 4 members (excludes halogenated alkanes) is 19. The van der Waals surface area contributed by atoms with Gasteiger partial charge in [-0.15, -0.1) is 0 Å². The molecule has 0 aromatic heterocycles. The number of esters is 2. The summed E-state index contributed by atoms with van der Waals surface area (Å²) in [5.74, 6) is -1.55. The van der Waals surface area contributed by atoms with E-state index in [2.05, 4.69) is 44.2 Å². The minimum Gasteiger partial charge on any atom is -0.477 e. The fourth-order valence-corrected chi connectivity index (χ4v) is 6.31. The van der Waals surface area contributed by atoms with E-state index in [-0.39, 0.29) is 42.7 Å². The number of ether oxygens (including phenoxy) is 3. The van der Waals surface area contributed by atoms with Crippen LogP contribution in [0, 0.1) is 0 Å². The second-order valence-corrected chi connectivity index (χ2v) is 15.9. The van der Waals surface area contributed by atoms with Gasteiger partial charge < -0.3 is 23.8 Å². The van der Waals surface area contributed by atoms with Crippen LogP contribution in [0.15, 0.2) is 36.5 Å². The van der Waals surface area contributed by atoms with Crippen LogP contribution in [0.3, 0.4) is 0 Å². The van der Waals surface area contributed by atoms with E-state index in [1.807, 2.05) is 27.2 Å². The molecule has 0 amide bonds. The standard InChI is InChI=1S/C46H83NO7/c1-6-8-10-12-14-16-18-20-21-22-23-25-27-29-31-33-35-37-45(49)54-42(40-52-39-38-43(46(50)51)47(3,4)5)41-53-44(48)36-34-32-30-28-26-24-19-17-15-13-11-9-7-2/h20-21,24,26,30,32,42-43H,6-19,22-23,25,27-29,31,33-41H2,1-5H3/p+1/b21-20+,26-24+,32-30+. The lowest BCUT2D eigenvalue weighted by Gasteiger charge is -2.31. The summed E-state index contributed by atoms with van der Waals surface area (Å²) < 4.78 is 17.2. The van der Waals surface area contributed by atoms with Gasteiger partial charge in [0.2, 0.25) is 0 Å². The quantitative estimate of drug-likeness (QED) is 0.0288. The van der Waals surface area contributed by atoms with Gasteiger partial charge in [-0.1, -0.05) is 147 Å². The highest BCUT2D eigenvalue weighted by atomic mass is 16.6. The smallest absolute Gasteiger partial charge is 0.362 e. The largest absolute Gasteiger partial charge is 0.477 e. The van der Waals surface area contributed by atoms with Crippen LogP contribution < -0.4 is 0 Å². The van der Waals surface area contributed by atoms with Gasteiger partial charge in [-0.25, -0.2) is 4.79 Å². The normalized spacial score (nSPS) is 13.3. The highest BCUT2D eigenvalue weighted by molar-refractivity contribution is 5.72. The summed E-state index contributed by atoms with van der Waals surface area (Å²) >= 11 is 0. The number of hydrogen-bond donors (Lipinski definition) is 1. The molecule has 0 aliphatic heterocycles. The third kappa shape index (κ3) is 35.3. The molecule has 1 N–H and O–H groups in total. The summed E-state index contributed by atoms with van der Waals surface area (Å²) in [5.41, 5.74) is 0. The third-order valence-corrected chi connectivity index (χ3v) is 9.78. The number of carbonyl (C=O) groups excluding carboxylic acids is 2. The van der Waals surface area contributed by atoms with E-state index >= 15 is 0 Å². The number of rotatable bonds is 39. The summed E-state index contributed by atoms with van der Waals surface area (Å²) in [5, 5.41) is 9.61. The van der Waals surface area contributed by atoms with Gasteiger partial charge >= 0.3 is 17.9 Å². The molecule has 54 heavy (non-hydrogen) atoms. The zero-order valence-electron chi connectivity index (χ0n) is 35.7. The Labute approximate surface area is 332 Å². The number of carbonyl (C=O) groups is 3. The second kappa shape index (κ2) is 37.5. The van der Waals surface area contributed by atoms with Gasteiger partial charge in [0.15, 0.2) is 12.1 Å². The van der Waals surface area contributed by atoms with Gasteiger partial charge in [-0.2, -0.15) is 0 Å². The van der Waals surface area contributed by atoms with Gasteiger partial charge in [-0.3, -0.25) is 9.59 Å². The molecule has 0 radical (unpaired) electrons. The summed E-state index contributed by atoms with van der Waals surface area (Å²) in [6.45, 7) is 4.66. The number of quaternary nitrogens is 1. The molecular weight excluding hydrogens is 679 g/mol. The number of likely N-dealkylation sites (N-methyl/N-ethyl adjacent to an activating group) is 1. The molecule has 0 aromatic rings. The second-order valence-electron chi connectivity index (χ2n) is 15.9. The van der Waals surface area contributed by atoms with Gasteiger partial charge in [-0.05, 0) is 57.8 Å². The molecule has 2 unspecified atom stereocenters. The highest BCUT2D eigenvalue weighted by Crippen LogP contribution is 2.14. The first-order valence-corrected chi connectivity index (χ1v) is 22.0. The summed E-state index contributed by atoms with van der Waals surface area (Å²) in [6.07, 6.45) is 42.0. The van der Waals surface area contributed by atoms with E-state index in [0.717, 1.165) is 32.1 Å². The van der Waals surface area contributed by atoms with Crippen molar-refractivity contribution in [1.82, 2.24) is 0 Å². The van der Waals surface area contributed by atoms with Crippen molar-refractivity contribution in [3.05, 3.63) is 36.5 Å². The molecule has 0 saturated carbocycles. The van der Waals surface area contributed by atoms with Crippen LogP contribution in [0.2, 0.25) is 0 Å². The maximum atomic E-state index is 12.7. The van der Waals surface area contributed by atoms with Crippen molar-refractivity contribution in [3.8, 4) is 0 Å². The molecule has 0 rings (SSSR count). The lowest BCUT2D eigenvalue weighted by molar-refractivity contribution is -0.887. The van der Waals surface area contributed by atoms with E-state index in [0.29, 0.717) is 19.3 Å². The third-order valence-electron chi connectivity index (χ3n) is 9.78. The predicted molar refractivity (Wildman–Crippen MR) is 225 cm³/mol. The van der Waals surface area contributed by atoms with Crippen molar-refractivity contribution in [2.24, 2.45) is 0 Å². The van der Waals surface area contributed by atoms with Crippen LogP contribution in [0.1, 0.15) is 187 Å². The van der Waals surface area contributed by atoms with Crippen LogP contribution >= 0.6 is 0 Å². The van der Waals surface area contributed by atoms with Gasteiger partial charge in [0.1, 0.15) is 6.61 Å². The van der Waals surface area contributed by atoms with E-state index in [9.17, 15) is 19.5 Å². The van der Waals surface area contributed by atoms with Crippen molar-refractivity contribution in [2.75, 3.05) is 41.0 Å². The number of aliphatic carboxylic acids is 1. The Morgan fingerprint density at radius 2 is 1.02 bits per heavy atom. The van der Waals surface area contributed by atoms with E-state index in [1.54, 1.807) is 0 Å². The van der Waals surface area contributed by atoms with E-state index in [1.165, 1.54) is 116 Å². The molecule has 8 heteroatoms. The number of allylic oxidation sites excluding steroid dienone is 6. The molecule has 0 aliphatic carbocycles. The van der Waals surface area contributed by atoms with Crippen molar-refractivity contribution in [2.45, 2.75) is 199 Å². The number of carboxylic acids is 1. The first kappa shape index (κ1) is 51.5. The number of carboxylic acid groups (broad SMARTS) is 1. The van der Waals surface area contributed by atoms with Crippen molar-refractivity contribution < 1.29 is 38.2 Å². The van der Waals surface area contributed by atoms with Crippen LogP contribution in [0.4, 0.5) is 0 Å². The number of hydrogen-bond acceptors (Lipinski definition) is 6. The molecule has 0 saturated heterocycles. The first-order valence-electron chi connectivity index (χ1n) is 22.0. The molecule has 0 bridgehead atoms. The lowest BCUT2D eigenvalue weighted by atomic mass is 10.1. The Balaban J connectivity index is 4.41. The molecule has 314 valence electrons. The Morgan fingerprint density at radius 3 is 1.52 bits per heavy atom. The molecule has 0 spiro atoms. The first-order chi connectivity index (χ1) is 26.1. The topological polar surface area (TPSA) is 99.1 Å². The van der Waals surface area contributed by atoms with Crippen LogP contribution in [-0.2, 0) is 28.6 Å². The predicted octanol–water partition coefficient (Wildman–Crippen LogP) is 11.9. The van der Waals surface area contributed by atoms with Gasteiger partial charge in [0.05, 0.1) is 34.4 Å². The van der Waals surface area contributed by atoms with Gasteiger partial charge in [0, 0.05) is 19.3 Å². The molecule has 8 nitrogen and oxygen atoms in total. The fourth-order valence-electron chi connectivity index (χ4n) is 6.31. The highest BCUT2D eigenvalue weighted by Gasteiger charge is 2.31. The van der Waals surface area contributed by atoms with Crippen molar-refractivity contribution >= 4 is 17.9 Å². The average Bonchev–Trinajstić information content (AvgIpc) is 3.12. The lowest BCUT2D eigenvalue weighted by Crippen LogP contribution is -2.50. The zero-order valence-corrected chi connectivity index (χ0v) is 35.7. The molecule has 0 aromatic carbocycles. The molecule has 0 aliphatic rings. The summed E-state index contributed by atoms with van der Waals surface area (Å²) in [6, 6.07) is -0.621. The Morgan fingerprint density at radius 1 is 0.556 bits per heavy atom. The van der Waals surface area contributed by atoms with E-state index < -0.39 is 18.1 Å². The van der Waals surface area contributed by atoms with Gasteiger partial charge in [0.25, 0.3) is 0 Å². The van der Waals surface area contributed by atoms with Crippen molar-refractivity contribution in [1.29, 1.82) is 0 Å².